The lowest BCUT2D eigenvalue weighted by atomic mass is 10.0. The van der Waals surface area contributed by atoms with Crippen LogP contribution in [0.15, 0.2) is 42.5 Å². The van der Waals surface area contributed by atoms with Crippen molar-refractivity contribution >= 4 is 45.2 Å². The predicted octanol–water partition coefficient (Wildman–Crippen LogP) is 4.97. The molecule has 0 radical (unpaired) electrons. The van der Waals surface area contributed by atoms with Crippen LogP contribution in [0, 0.1) is 6.92 Å². The van der Waals surface area contributed by atoms with Crippen molar-refractivity contribution < 1.29 is 4.79 Å². The Bertz CT molecular complexity index is 1290. The van der Waals surface area contributed by atoms with Crippen LogP contribution in [0.3, 0.4) is 0 Å². The summed E-state index contributed by atoms with van der Waals surface area (Å²) in [4.78, 5) is 13.3. The van der Waals surface area contributed by atoms with Crippen molar-refractivity contribution in [3.63, 3.8) is 0 Å². The standard InChI is InChI=1S/C23H24N6OS2/c1-5-19-26-27-23-29(19)28-21(32-23)17-7-6-14(4)18(12-17)24-22(31)25-20(30)16-10-8-15(9-11-16)13(2)3/h6-13H,5H2,1-4H3,(H2,24,25,30,31). The minimum atomic E-state index is -0.243. The highest BCUT2D eigenvalue weighted by atomic mass is 32.1. The second kappa shape index (κ2) is 9.13. The number of thiocarbonyl (C=S) groups is 1. The van der Waals surface area contributed by atoms with Crippen LogP contribution in [0.25, 0.3) is 15.5 Å². The zero-order valence-electron chi connectivity index (χ0n) is 18.3. The van der Waals surface area contributed by atoms with Crippen LogP contribution in [-0.2, 0) is 6.42 Å². The topological polar surface area (TPSA) is 84.2 Å². The van der Waals surface area contributed by atoms with Crippen LogP contribution in [0.5, 0.6) is 0 Å². The van der Waals surface area contributed by atoms with Crippen LogP contribution in [-0.4, -0.2) is 30.8 Å². The monoisotopic (exact) mass is 464 g/mol. The molecule has 2 N–H and O–H groups in total. The number of hydrogen-bond acceptors (Lipinski definition) is 6. The molecule has 4 aromatic rings. The number of anilines is 1. The molecule has 2 heterocycles. The van der Waals surface area contributed by atoms with Crippen molar-refractivity contribution in [1.29, 1.82) is 0 Å². The number of carbonyl (C=O) groups is 1. The number of amides is 1. The van der Waals surface area contributed by atoms with Gasteiger partial charge in [-0.05, 0) is 54.4 Å². The fourth-order valence-electron chi connectivity index (χ4n) is 3.23. The molecule has 9 heteroatoms. The predicted molar refractivity (Wildman–Crippen MR) is 132 cm³/mol. The fourth-order valence-corrected chi connectivity index (χ4v) is 4.29. The van der Waals surface area contributed by atoms with Crippen LogP contribution in [0.2, 0.25) is 0 Å². The Labute approximate surface area is 195 Å². The third kappa shape index (κ3) is 4.53. The van der Waals surface area contributed by atoms with Gasteiger partial charge in [-0.3, -0.25) is 10.1 Å². The highest BCUT2D eigenvalue weighted by Crippen LogP contribution is 2.29. The summed E-state index contributed by atoms with van der Waals surface area (Å²) in [5.74, 6) is 1.00. The first-order valence-corrected chi connectivity index (χ1v) is 11.6. The van der Waals surface area contributed by atoms with Crippen LogP contribution >= 0.6 is 23.6 Å². The molecule has 32 heavy (non-hydrogen) atoms. The SMILES string of the molecule is CCc1nnc2sc(-c3ccc(C)c(NC(=S)NC(=O)c4ccc(C(C)C)cc4)c3)nn12. The quantitative estimate of drug-likeness (QED) is 0.406. The van der Waals surface area contributed by atoms with E-state index in [-0.39, 0.29) is 11.0 Å². The van der Waals surface area contributed by atoms with E-state index in [9.17, 15) is 4.79 Å². The molecule has 0 saturated heterocycles. The molecule has 2 aromatic carbocycles. The van der Waals surface area contributed by atoms with E-state index >= 15 is 0 Å². The Morgan fingerprint density at radius 2 is 1.91 bits per heavy atom. The molecule has 0 spiro atoms. The van der Waals surface area contributed by atoms with Gasteiger partial charge in [0.1, 0.15) is 5.01 Å². The molecule has 0 aliphatic rings. The maximum atomic E-state index is 12.6. The van der Waals surface area contributed by atoms with Gasteiger partial charge in [-0.15, -0.1) is 10.2 Å². The molecule has 2 aromatic heterocycles. The minimum Gasteiger partial charge on any atom is -0.332 e. The van der Waals surface area contributed by atoms with E-state index in [4.69, 9.17) is 12.2 Å². The number of hydrogen-bond donors (Lipinski definition) is 2. The zero-order chi connectivity index (χ0) is 22.8. The molecule has 7 nitrogen and oxygen atoms in total. The Morgan fingerprint density at radius 3 is 2.59 bits per heavy atom. The highest BCUT2D eigenvalue weighted by Gasteiger charge is 2.14. The summed E-state index contributed by atoms with van der Waals surface area (Å²) in [5, 5.41) is 20.0. The first-order chi connectivity index (χ1) is 15.4. The molecular weight excluding hydrogens is 440 g/mol. The lowest BCUT2D eigenvalue weighted by Gasteiger charge is -2.13. The maximum Gasteiger partial charge on any atom is 0.257 e. The van der Waals surface area contributed by atoms with Gasteiger partial charge in [0.2, 0.25) is 4.96 Å². The number of benzene rings is 2. The largest absolute Gasteiger partial charge is 0.332 e. The van der Waals surface area contributed by atoms with Gasteiger partial charge < -0.3 is 5.32 Å². The summed E-state index contributed by atoms with van der Waals surface area (Å²) in [6.07, 6.45) is 0.763. The lowest BCUT2D eigenvalue weighted by molar-refractivity contribution is 0.0977. The average molecular weight is 465 g/mol. The van der Waals surface area contributed by atoms with Crippen LogP contribution < -0.4 is 10.6 Å². The van der Waals surface area contributed by atoms with E-state index in [1.807, 2.05) is 56.3 Å². The highest BCUT2D eigenvalue weighted by molar-refractivity contribution is 7.80. The second-order valence-electron chi connectivity index (χ2n) is 7.79. The number of carbonyl (C=O) groups excluding carboxylic acids is 1. The molecule has 0 fully saturated rings. The van der Waals surface area contributed by atoms with Crippen molar-refractivity contribution in [2.24, 2.45) is 0 Å². The van der Waals surface area contributed by atoms with Gasteiger partial charge in [-0.25, -0.2) is 0 Å². The van der Waals surface area contributed by atoms with Gasteiger partial charge >= 0.3 is 0 Å². The number of nitrogens with one attached hydrogen (secondary N) is 2. The van der Waals surface area contributed by atoms with Gasteiger partial charge in [0, 0.05) is 23.2 Å². The molecule has 0 saturated carbocycles. The van der Waals surface area contributed by atoms with Crippen molar-refractivity contribution in [1.82, 2.24) is 25.1 Å². The molecule has 0 aliphatic carbocycles. The first kappa shape index (κ1) is 22.0. The third-order valence-electron chi connectivity index (χ3n) is 5.17. The van der Waals surface area contributed by atoms with E-state index in [2.05, 4.69) is 39.8 Å². The molecule has 164 valence electrons. The van der Waals surface area contributed by atoms with Gasteiger partial charge in [-0.1, -0.05) is 56.4 Å². The van der Waals surface area contributed by atoms with Crippen molar-refractivity contribution in [3.05, 3.63) is 65.0 Å². The Hall–Kier alpha value is -3.17. The number of aryl methyl sites for hydroxylation is 2. The van der Waals surface area contributed by atoms with E-state index in [0.717, 1.165) is 39.0 Å². The number of fused-ring (bicyclic) bond motifs is 1. The molecule has 0 unspecified atom stereocenters. The van der Waals surface area contributed by atoms with Gasteiger partial charge in [0.25, 0.3) is 5.91 Å². The molecule has 0 atom stereocenters. The molecule has 4 rings (SSSR count). The van der Waals surface area contributed by atoms with Crippen LogP contribution in [0.1, 0.15) is 54.0 Å². The summed E-state index contributed by atoms with van der Waals surface area (Å²) in [5.41, 5.74) is 4.50. The summed E-state index contributed by atoms with van der Waals surface area (Å²) in [7, 11) is 0. The van der Waals surface area contributed by atoms with Gasteiger partial charge in [-0.2, -0.15) is 9.61 Å². The average Bonchev–Trinajstić information content (AvgIpc) is 3.36. The Morgan fingerprint density at radius 1 is 1.16 bits per heavy atom. The third-order valence-corrected chi connectivity index (χ3v) is 6.32. The van der Waals surface area contributed by atoms with Crippen molar-refractivity contribution in [2.45, 2.75) is 40.0 Å². The van der Waals surface area contributed by atoms with Crippen molar-refractivity contribution in [3.8, 4) is 10.6 Å². The van der Waals surface area contributed by atoms with E-state index in [0.29, 0.717) is 11.5 Å². The zero-order valence-corrected chi connectivity index (χ0v) is 20.0. The second-order valence-corrected chi connectivity index (χ2v) is 9.15. The van der Waals surface area contributed by atoms with Crippen LogP contribution in [0.4, 0.5) is 5.69 Å². The molecular formula is C23H24N6OS2. The molecule has 1 amide bonds. The summed E-state index contributed by atoms with van der Waals surface area (Å²) < 4.78 is 1.78. The van der Waals surface area contributed by atoms with E-state index in [1.165, 1.54) is 16.9 Å². The molecule has 0 bridgehead atoms. The van der Waals surface area contributed by atoms with Crippen molar-refractivity contribution in [2.75, 3.05) is 5.32 Å². The summed E-state index contributed by atoms with van der Waals surface area (Å²) in [6, 6.07) is 13.5. The number of rotatable bonds is 5. The smallest absolute Gasteiger partial charge is 0.257 e. The van der Waals surface area contributed by atoms with Gasteiger partial charge in [0.05, 0.1) is 0 Å². The molecule has 0 aliphatic heterocycles. The van der Waals surface area contributed by atoms with E-state index < -0.39 is 0 Å². The van der Waals surface area contributed by atoms with Gasteiger partial charge in [0.15, 0.2) is 10.9 Å². The fraction of sp³-hybridized carbons (Fsp3) is 0.261. The normalized spacial score (nSPS) is 11.2. The Balaban J connectivity index is 1.49. The summed E-state index contributed by atoms with van der Waals surface area (Å²) >= 11 is 6.87. The number of aromatic nitrogens is 4. The number of nitrogens with zero attached hydrogens (tertiary/aromatic N) is 4. The Kier molecular flexibility index (Phi) is 6.29. The summed E-state index contributed by atoms with van der Waals surface area (Å²) in [6.45, 7) is 8.24. The maximum absolute atomic E-state index is 12.6. The van der Waals surface area contributed by atoms with E-state index in [1.54, 1.807) is 4.52 Å². The first-order valence-electron chi connectivity index (χ1n) is 10.4. The lowest BCUT2D eigenvalue weighted by Crippen LogP contribution is -2.34. The minimum absolute atomic E-state index is 0.243.